The average Bonchev–Trinajstić information content (AvgIpc) is 3.09. The van der Waals surface area contributed by atoms with Crippen molar-refractivity contribution >= 4 is 11.5 Å². The van der Waals surface area contributed by atoms with Gasteiger partial charge >= 0.3 is 5.97 Å². The van der Waals surface area contributed by atoms with Crippen molar-refractivity contribution in [1.82, 2.24) is 9.38 Å². The van der Waals surface area contributed by atoms with E-state index in [-0.39, 0.29) is 5.97 Å². The molecule has 2 aromatic heterocycles. The van der Waals surface area contributed by atoms with Crippen LogP contribution in [0, 0.1) is 0 Å². The van der Waals surface area contributed by atoms with Crippen LogP contribution in [0.4, 0.5) is 0 Å². The third-order valence-corrected chi connectivity index (χ3v) is 2.84. The summed E-state index contributed by atoms with van der Waals surface area (Å²) in [6.45, 7) is 0.779. The first-order chi connectivity index (χ1) is 8.83. The second-order valence-electron chi connectivity index (χ2n) is 4.35. The van der Waals surface area contributed by atoms with Crippen LogP contribution >= 0.6 is 0 Å². The molecular weight excluding hydrogens is 232 g/mol. The predicted octanol–water partition coefficient (Wildman–Crippen LogP) is 1.67. The Kier molecular flexibility index (Phi) is 2.98. The summed E-state index contributed by atoms with van der Waals surface area (Å²) < 4.78 is 12.3. The van der Waals surface area contributed by atoms with Crippen molar-refractivity contribution in [2.24, 2.45) is 0 Å². The second-order valence-corrected chi connectivity index (χ2v) is 4.35. The van der Waals surface area contributed by atoms with Crippen LogP contribution in [0.2, 0.25) is 0 Å². The van der Waals surface area contributed by atoms with Crippen molar-refractivity contribution in [3.63, 3.8) is 0 Å². The Morgan fingerprint density at radius 2 is 2.28 bits per heavy atom. The molecule has 3 rings (SSSR count). The van der Waals surface area contributed by atoms with Gasteiger partial charge in [-0.1, -0.05) is 0 Å². The van der Waals surface area contributed by atoms with Crippen molar-refractivity contribution in [3.8, 4) is 0 Å². The number of carbonyl (C=O) groups excluding carboxylic acids is 1. The zero-order valence-corrected chi connectivity index (χ0v) is 9.91. The summed E-state index contributed by atoms with van der Waals surface area (Å²) in [7, 11) is 0. The van der Waals surface area contributed by atoms with Gasteiger partial charge in [0.25, 0.3) is 0 Å². The standard InChI is InChI=1S/C13H14N2O3/c16-13(18-6-5-17-12-3-4-12)10-1-2-11-7-14-9-15(11)8-10/h1-2,7-9,12H,3-6H2. The number of nitrogens with zero attached hydrogens (tertiary/aromatic N) is 2. The Hall–Kier alpha value is -1.88. The number of rotatable bonds is 5. The maximum absolute atomic E-state index is 11.8. The first kappa shape index (κ1) is 11.2. The van der Waals surface area contributed by atoms with Crippen molar-refractivity contribution in [2.45, 2.75) is 18.9 Å². The molecule has 0 unspecified atom stereocenters. The molecule has 0 aliphatic heterocycles. The minimum absolute atomic E-state index is 0.303. The van der Waals surface area contributed by atoms with Crippen LogP contribution in [0.1, 0.15) is 23.2 Å². The van der Waals surface area contributed by atoms with E-state index in [1.165, 1.54) is 0 Å². The topological polar surface area (TPSA) is 52.8 Å². The van der Waals surface area contributed by atoms with Crippen molar-refractivity contribution < 1.29 is 14.3 Å². The van der Waals surface area contributed by atoms with Gasteiger partial charge in [0, 0.05) is 6.20 Å². The average molecular weight is 246 g/mol. The number of imidazole rings is 1. The lowest BCUT2D eigenvalue weighted by atomic mass is 10.3. The third kappa shape index (κ3) is 2.51. The first-order valence-corrected chi connectivity index (χ1v) is 6.03. The molecule has 0 bridgehead atoms. The lowest BCUT2D eigenvalue weighted by Gasteiger charge is -2.05. The Balaban J connectivity index is 1.56. The van der Waals surface area contributed by atoms with Gasteiger partial charge in [-0.15, -0.1) is 0 Å². The SMILES string of the molecule is O=C(OCCOC1CC1)c1ccc2cncn2c1. The molecule has 1 aliphatic rings. The molecule has 0 saturated heterocycles. The van der Waals surface area contributed by atoms with Crippen LogP contribution in [0.25, 0.3) is 5.52 Å². The highest BCUT2D eigenvalue weighted by molar-refractivity contribution is 5.89. The molecule has 0 spiro atoms. The van der Waals surface area contributed by atoms with Gasteiger partial charge in [0.2, 0.25) is 0 Å². The van der Waals surface area contributed by atoms with Crippen molar-refractivity contribution in [2.75, 3.05) is 13.2 Å². The molecule has 1 saturated carbocycles. The molecule has 1 aliphatic carbocycles. The molecule has 2 aromatic rings. The largest absolute Gasteiger partial charge is 0.460 e. The zero-order valence-electron chi connectivity index (χ0n) is 9.91. The van der Waals surface area contributed by atoms with E-state index in [0.29, 0.717) is 24.9 Å². The summed E-state index contributed by atoms with van der Waals surface area (Å²) in [6, 6.07) is 3.57. The van der Waals surface area contributed by atoms with E-state index < -0.39 is 0 Å². The van der Waals surface area contributed by atoms with Gasteiger partial charge in [-0.05, 0) is 25.0 Å². The number of fused-ring (bicyclic) bond motifs is 1. The summed E-state index contributed by atoms with van der Waals surface area (Å²) in [5.41, 5.74) is 1.47. The summed E-state index contributed by atoms with van der Waals surface area (Å²) in [4.78, 5) is 15.8. The van der Waals surface area contributed by atoms with Crippen LogP contribution < -0.4 is 0 Å². The van der Waals surface area contributed by atoms with Crippen LogP contribution in [0.5, 0.6) is 0 Å². The quantitative estimate of drug-likeness (QED) is 0.595. The van der Waals surface area contributed by atoms with E-state index in [9.17, 15) is 4.79 Å². The number of hydrogen-bond donors (Lipinski definition) is 0. The highest BCUT2D eigenvalue weighted by atomic mass is 16.6. The smallest absolute Gasteiger partial charge is 0.339 e. The number of hydrogen-bond acceptors (Lipinski definition) is 4. The van der Waals surface area contributed by atoms with Gasteiger partial charge in [0.15, 0.2) is 0 Å². The number of ether oxygens (including phenoxy) is 2. The molecule has 18 heavy (non-hydrogen) atoms. The minimum atomic E-state index is -0.329. The van der Waals surface area contributed by atoms with E-state index in [2.05, 4.69) is 4.98 Å². The van der Waals surface area contributed by atoms with Gasteiger partial charge < -0.3 is 13.9 Å². The fraction of sp³-hybridized carbons (Fsp3) is 0.385. The lowest BCUT2D eigenvalue weighted by Crippen LogP contribution is -2.11. The van der Waals surface area contributed by atoms with Crippen LogP contribution in [-0.4, -0.2) is 34.7 Å². The molecule has 94 valence electrons. The normalized spacial score (nSPS) is 14.9. The van der Waals surface area contributed by atoms with Gasteiger partial charge in [-0.3, -0.25) is 0 Å². The molecular formula is C13H14N2O3. The van der Waals surface area contributed by atoms with E-state index in [0.717, 1.165) is 18.4 Å². The second kappa shape index (κ2) is 4.78. The summed E-state index contributed by atoms with van der Waals surface area (Å²) in [6.07, 6.45) is 7.76. The molecule has 0 atom stereocenters. The number of pyridine rings is 1. The Morgan fingerprint density at radius 1 is 1.39 bits per heavy atom. The zero-order chi connectivity index (χ0) is 12.4. The van der Waals surface area contributed by atoms with Gasteiger partial charge in [0.1, 0.15) is 6.61 Å². The van der Waals surface area contributed by atoms with Crippen molar-refractivity contribution in [1.29, 1.82) is 0 Å². The van der Waals surface area contributed by atoms with E-state index in [1.807, 2.05) is 6.07 Å². The Labute approximate surface area is 104 Å². The molecule has 0 radical (unpaired) electrons. The molecule has 1 fully saturated rings. The van der Waals surface area contributed by atoms with E-state index >= 15 is 0 Å². The van der Waals surface area contributed by atoms with Crippen LogP contribution in [-0.2, 0) is 9.47 Å². The summed E-state index contributed by atoms with van der Waals surface area (Å²) >= 11 is 0. The fourth-order valence-electron chi connectivity index (χ4n) is 1.71. The highest BCUT2D eigenvalue weighted by Gasteiger charge is 2.21. The predicted molar refractivity (Wildman–Crippen MR) is 64.4 cm³/mol. The van der Waals surface area contributed by atoms with Gasteiger partial charge in [0.05, 0.1) is 36.3 Å². The minimum Gasteiger partial charge on any atom is -0.460 e. The Bertz CT molecular complexity index is 560. The fourth-order valence-corrected chi connectivity index (χ4v) is 1.71. The Morgan fingerprint density at radius 3 is 3.11 bits per heavy atom. The number of carbonyl (C=O) groups is 1. The van der Waals surface area contributed by atoms with Crippen LogP contribution in [0.15, 0.2) is 30.9 Å². The molecule has 5 heteroatoms. The maximum atomic E-state index is 11.8. The number of esters is 1. The maximum Gasteiger partial charge on any atom is 0.339 e. The van der Waals surface area contributed by atoms with Crippen molar-refractivity contribution in [3.05, 3.63) is 36.4 Å². The number of aromatic nitrogens is 2. The lowest BCUT2D eigenvalue weighted by molar-refractivity contribution is 0.0285. The summed E-state index contributed by atoms with van der Waals surface area (Å²) in [5.74, 6) is -0.329. The molecule has 0 amide bonds. The summed E-state index contributed by atoms with van der Waals surface area (Å²) in [5, 5.41) is 0. The molecule has 5 nitrogen and oxygen atoms in total. The molecule has 0 aromatic carbocycles. The monoisotopic (exact) mass is 246 g/mol. The molecule has 0 N–H and O–H groups in total. The van der Waals surface area contributed by atoms with E-state index in [1.54, 1.807) is 29.2 Å². The third-order valence-electron chi connectivity index (χ3n) is 2.84. The first-order valence-electron chi connectivity index (χ1n) is 6.03. The van der Waals surface area contributed by atoms with Gasteiger partial charge in [-0.25, -0.2) is 9.78 Å². The molecule has 2 heterocycles. The van der Waals surface area contributed by atoms with Crippen LogP contribution in [0.3, 0.4) is 0 Å². The highest BCUT2D eigenvalue weighted by Crippen LogP contribution is 2.22. The van der Waals surface area contributed by atoms with Gasteiger partial charge in [-0.2, -0.15) is 0 Å². The van der Waals surface area contributed by atoms with E-state index in [4.69, 9.17) is 9.47 Å².